The molecule has 0 bridgehead atoms. The van der Waals surface area contributed by atoms with Crippen LogP contribution in [-0.4, -0.2) is 31.4 Å². The van der Waals surface area contributed by atoms with Gasteiger partial charge in [-0.2, -0.15) is 5.10 Å². The van der Waals surface area contributed by atoms with Crippen LogP contribution < -0.4 is 5.32 Å². The number of likely N-dealkylation sites (N-methyl/N-ethyl adjacent to an activating group) is 1. The second-order valence-corrected chi connectivity index (χ2v) is 5.24. The van der Waals surface area contributed by atoms with E-state index in [-0.39, 0.29) is 6.04 Å². The molecule has 0 spiro atoms. The van der Waals surface area contributed by atoms with Crippen molar-refractivity contribution in [3.63, 3.8) is 0 Å². The number of hydrogen-bond acceptors (Lipinski definition) is 6. The largest absolute Gasteiger partial charge is 0.311 e. The van der Waals surface area contributed by atoms with Crippen molar-refractivity contribution in [1.82, 2.24) is 29.7 Å². The smallest absolute Gasteiger partial charge is 0.138 e. The zero-order valence-electron chi connectivity index (χ0n) is 10.9. The van der Waals surface area contributed by atoms with E-state index in [1.54, 1.807) is 6.33 Å². The number of nitrogens with zero attached hydrogens (tertiary/aromatic N) is 5. The maximum Gasteiger partial charge on any atom is 0.138 e. The van der Waals surface area contributed by atoms with E-state index < -0.39 is 0 Å². The maximum absolute atomic E-state index is 4.33. The van der Waals surface area contributed by atoms with Crippen molar-refractivity contribution >= 4 is 11.5 Å². The van der Waals surface area contributed by atoms with Gasteiger partial charge in [-0.15, -0.1) is 5.10 Å². The van der Waals surface area contributed by atoms with Crippen LogP contribution in [0, 0.1) is 5.92 Å². The molecule has 0 aromatic carbocycles. The predicted octanol–water partition coefficient (Wildman–Crippen LogP) is 1.29. The Morgan fingerprint density at radius 1 is 1.44 bits per heavy atom. The molecule has 1 N–H and O–H groups in total. The van der Waals surface area contributed by atoms with Gasteiger partial charge in [0.2, 0.25) is 0 Å². The standard InChI is InChI=1S/C11H18N6S/c1-8(2)5-17-11(13-7-14-17)4-9(12-3)10-6-18-16-15-10/h6-9,12H,4-5H2,1-3H3. The Hall–Kier alpha value is -1.34. The number of hydrogen-bond donors (Lipinski definition) is 1. The molecule has 2 heterocycles. The van der Waals surface area contributed by atoms with Crippen LogP contribution in [0.3, 0.4) is 0 Å². The second kappa shape index (κ2) is 6.01. The van der Waals surface area contributed by atoms with Gasteiger partial charge in [-0.25, -0.2) is 9.67 Å². The summed E-state index contributed by atoms with van der Waals surface area (Å²) in [5, 5.41) is 13.6. The highest BCUT2D eigenvalue weighted by Gasteiger charge is 2.16. The minimum absolute atomic E-state index is 0.138. The summed E-state index contributed by atoms with van der Waals surface area (Å²) in [7, 11) is 1.92. The van der Waals surface area contributed by atoms with Crippen LogP contribution in [-0.2, 0) is 13.0 Å². The molecule has 7 heteroatoms. The summed E-state index contributed by atoms with van der Waals surface area (Å²) in [5.41, 5.74) is 0.960. The molecule has 0 saturated carbocycles. The number of aromatic nitrogens is 5. The average Bonchev–Trinajstić information content (AvgIpc) is 2.96. The van der Waals surface area contributed by atoms with Crippen molar-refractivity contribution in [3.8, 4) is 0 Å². The van der Waals surface area contributed by atoms with E-state index in [0.29, 0.717) is 5.92 Å². The topological polar surface area (TPSA) is 68.5 Å². The summed E-state index contributed by atoms with van der Waals surface area (Å²) in [5.74, 6) is 1.54. The molecule has 1 atom stereocenters. The summed E-state index contributed by atoms with van der Waals surface area (Å²) < 4.78 is 5.87. The first-order valence-electron chi connectivity index (χ1n) is 6.01. The Morgan fingerprint density at radius 3 is 2.89 bits per heavy atom. The normalized spacial score (nSPS) is 13.1. The van der Waals surface area contributed by atoms with E-state index in [1.165, 1.54) is 11.5 Å². The molecular weight excluding hydrogens is 248 g/mol. The Labute approximate surface area is 111 Å². The van der Waals surface area contributed by atoms with Gasteiger partial charge in [0.25, 0.3) is 0 Å². The SMILES string of the molecule is CNC(Cc1ncnn1CC(C)C)c1csnn1. The molecule has 0 radical (unpaired) electrons. The summed E-state index contributed by atoms with van der Waals surface area (Å²) in [6.07, 6.45) is 2.39. The lowest BCUT2D eigenvalue weighted by Crippen LogP contribution is -2.22. The van der Waals surface area contributed by atoms with Crippen LogP contribution >= 0.6 is 11.5 Å². The predicted molar refractivity (Wildman–Crippen MR) is 70.3 cm³/mol. The van der Waals surface area contributed by atoms with E-state index in [9.17, 15) is 0 Å². The van der Waals surface area contributed by atoms with Gasteiger partial charge in [0.15, 0.2) is 0 Å². The van der Waals surface area contributed by atoms with E-state index in [1.807, 2.05) is 17.1 Å². The zero-order chi connectivity index (χ0) is 13.0. The summed E-state index contributed by atoms with van der Waals surface area (Å²) in [6, 6.07) is 0.138. The van der Waals surface area contributed by atoms with E-state index in [2.05, 4.69) is 38.8 Å². The van der Waals surface area contributed by atoms with Gasteiger partial charge >= 0.3 is 0 Å². The van der Waals surface area contributed by atoms with Crippen LogP contribution in [0.25, 0.3) is 0 Å². The Balaban J connectivity index is 2.10. The first kappa shape index (κ1) is 13.1. The van der Waals surface area contributed by atoms with Gasteiger partial charge in [-0.3, -0.25) is 0 Å². The molecule has 2 aromatic heterocycles. The fourth-order valence-corrected chi connectivity index (χ4v) is 2.31. The van der Waals surface area contributed by atoms with Gasteiger partial charge in [0.05, 0.1) is 11.7 Å². The highest BCUT2D eigenvalue weighted by atomic mass is 32.1. The molecule has 0 saturated heterocycles. The molecule has 0 fully saturated rings. The second-order valence-electron chi connectivity index (χ2n) is 4.63. The van der Waals surface area contributed by atoms with Crippen LogP contribution in [0.1, 0.15) is 31.4 Å². The van der Waals surface area contributed by atoms with Crippen molar-refractivity contribution in [1.29, 1.82) is 0 Å². The third-order valence-corrected chi connectivity index (χ3v) is 3.23. The first-order valence-corrected chi connectivity index (χ1v) is 6.85. The molecule has 0 aliphatic rings. The van der Waals surface area contributed by atoms with Crippen molar-refractivity contribution < 1.29 is 0 Å². The monoisotopic (exact) mass is 266 g/mol. The van der Waals surface area contributed by atoms with Crippen LogP contribution in [0.15, 0.2) is 11.7 Å². The van der Waals surface area contributed by atoms with Gasteiger partial charge in [-0.05, 0) is 24.5 Å². The summed E-state index contributed by atoms with van der Waals surface area (Å²) in [4.78, 5) is 4.33. The van der Waals surface area contributed by atoms with Gasteiger partial charge < -0.3 is 5.32 Å². The molecule has 2 rings (SSSR count). The number of rotatable bonds is 6. The minimum atomic E-state index is 0.138. The van der Waals surface area contributed by atoms with Crippen molar-refractivity contribution in [2.75, 3.05) is 7.05 Å². The maximum atomic E-state index is 4.33. The van der Waals surface area contributed by atoms with Crippen molar-refractivity contribution in [3.05, 3.63) is 23.2 Å². The molecular formula is C11H18N6S. The minimum Gasteiger partial charge on any atom is -0.311 e. The van der Waals surface area contributed by atoms with Gasteiger partial charge in [0, 0.05) is 18.3 Å². The zero-order valence-corrected chi connectivity index (χ0v) is 11.7. The highest BCUT2D eigenvalue weighted by Crippen LogP contribution is 2.16. The number of nitrogens with one attached hydrogen (secondary N) is 1. The molecule has 6 nitrogen and oxygen atoms in total. The molecule has 0 aliphatic heterocycles. The molecule has 18 heavy (non-hydrogen) atoms. The Bertz CT molecular complexity index is 464. The average molecular weight is 266 g/mol. The third kappa shape index (κ3) is 3.11. The van der Waals surface area contributed by atoms with Crippen molar-refractivity contribution in [2.45, 2.75) is 32.9 Å². The van der Waals surface area contributed by atoms with E-state index >= 15 is 0 Å². The Morgan fingerprint density at radius 2 is 2.28 bits per heavy atom. The summed E-state index contributed by atoms with van der Waals surface area (Å²) >= 11 is 1.37. The van der Waals surface area contributed by atoms with E-state index in [0.717, 1.165) is 24.5 Å². The van der Waals surface area contributed by atoms with Gasteiger partial charge in [0.1, 0.15) is 12.2 Å². The molecule has 0 amide bonds. The molecule has 1 unspecified atom stereocenters. The van der Waals surface area contributed by atoms with Gasteiger partial charge in [-0.1, -0.05) is 18.3 Å². The summed E-state index contributed by atoms with van der Waals surface area (Å²) in [6.45, 7) is 5.23. The highest BCUT2D eigenvalue weighted by molar-refractivity contribution is 7.03. The fourth-order valence-electron chi connectivity index (χ4n) is 1.81. The van der Waals surface area contributed by atoms with Crippen LogP contribution in [0.5, 0.6) is 0 Å². The molecule has 98 valence electrons. The first-order chi connectivity index (χ1) is 8.70. The lowest BCUT2D eigenvalue weighted by atomic mass is 10.1. The quantitative estimate of drug-likeness (QED) is 0.853. The molecule has 0 aliphatic carbocycles. The van der Waals surface area contributed by atoms with E-state index in [4.69, 9.17) is 0 Å². The fraction of sp³-hybridized carbons (Fsp3) is 0.636. The van der Waals surface area contributed by atoms with Crippen LogP contribution in [0.4, 0.5) is 0 Å². The van der Waals surface area contributed by atoms with Crippen LogP contribution in [0.2, 0.25) is 0 Å². The lowest BCUT2D eigenvalue weighted by Gasteiger charge is -2.14. The third-order valence-electron chi connectivity index (χ3n) is 2.70. The molecule has 2 aromatic rings. The Kier molecular flexibility index (Phi) is 4.38. The van der Waals surface area contributed by atoms with Crippen molar-refractivity contribution in [2.24, 2.45) is 5.92 Å². The lowest BCUT2D eigenvalue weighted by molar-refractivity contribution is 0.449.